The maximum absolute atomic E-state index is 5.04. The highest BCUT2D eigenvalue weighted by atomic mass is 16.5. The van der Waals surface area contributed by atoms with Crippen LogP contribution in [-0.4, -0.2) is 19.8 Å². The van der Waals surface area contributed by atoms with E-state index in [1.807, 2.05) is 0 Å². The van der Waals surface area contributed by atoms with E-state index in [9.17, 15) is 0 Å². The van der Waals surface area contributed by atoms with E-state index < -0.39 is 0 Å². The van der Waals surface area contributed by atoms with E-state index in [1.54, 1.807) is 7.11 Å². The van der Waals surface area contributed by atoms with Crippen molar-refractivity contribution in [2.24, 2.45) is 0 Å². The fraction of sp³-hybridized carbons (Fsp3) is 0.500. The molecule has 1 aromatic rings. The second-order valence-electron chi connectivity index (χ2n) is 5.35. The van der Waals surface area contributed by atoms with Crippen LogP contribution in [0.5, 0.6) is 0 Å². The Bertz CT molecular complexity index is 448. The molecule has 1 N–H and O–H groups in total. The molecule has 0 spiro atoms. The summed E-state index contributed by atoms with van der Waals surface area (Å²) in [6.07, 6.45) is 9.42. The molecule has 0 aromatic heterocycles. The monoisotopic (exact) mass is 243 g/mol. The van der Waals surface area contributed by atoms with E-state index in [0.29, 0.717) is 12.6 Å². The molecule has 1 aromatic carbocycles. The minimum absolute atomic E-state index is 0.586. The van der Waals surface area contributed by atoms with Gasteiger partial charge >= 0.3 is 0 Å². The number of rotatable bonds is 5. The predicted octanol–water partition coefficient (Wildman–Crippen LogP) is 3.09. The van der Waals surface area contributed by atoms with Gasteiger partial charge in [-0.1, -0.05) is 24.3 Å². The van der Waals surface area contributed by atoms with Crippen molar-refractivity contribution in [3.8, 4) is 0 Å². The third kappa shape index (κ3) is 2.65. The summed E-state index contributed by atoms with van der Waals surface area (Å²) in [5, 5.41) is 3.75. The van der Waals surface area contributed by atoms with E-state index in [-0.39, 0.29) is 0 Å². The van der Waals surface area contributed by atoms with Crippen LogP contribution >= 0.6 is 0 Å². The first-order valence-corrected chi connectivity index (χ1v) is 6.91. The van der Waals surface area contributed by atoms with Crippen molar-refractivity contribution >= 4 is 6.08 Å². The van der Waals surface area contributed by atoms with Gasteiger partial charge < -0.3 is 10.1 Å². The number of methoxy groups -OCH3 is 1. The Labute approximate surface area is 109 Å². The van der Waals surface area contributed by atoms with Gasteiger partial charge in [-0.25, -0.2) is 0 Å². The van der Waals surface area contributed by atoms with Gasteiger partial charge in [0.15, 0.2) is 0 Å². The molecule has 96 valence electrons. The molecule has 1 atom stereocenters. The number of fused-ring (bicyclic) bond motifs is 1. The number of hydrogen-bond acceptors (Lipinski definition) is 2. The SMILES string of the molecule is COCC=Cc1ccc2c(c1)C(NC1CC1)CC2. The average Bonchev–Trinajstić information content (AvgIpc) is 3.11. The van der Waals surface area contributed by atoms with Crippen LogP contribution in [0.3, 0.4) is 0 Å². The topological polar surface area (TPSA) is 21.3 Å². The van der Waals surface area contributed by atoms with E-state index in [4.69, 9.17) is 4.74 Å². The Morgan fingerprint density at radius 1 is 1.33 bits per heavy atom. The molecule has 0 amide bonds. The zero-order chi connectivity index (χ0) is 12.4. The molecule has 0 bridgehead atoms. The molecule has 2 nitrogen and oxygen atoms in total. The van der Waals surface area contributed by atoms with Gasteiger partial charge in [0.25, 0.3) is 0 Å². The van der Waals surface area contributed by atoms with Gasteiger partial charge in [0, 0.05) is 19.2 Å². The Kier molecular flexibility index (Phi) is 3.48. The van der Waals surface area contributed by atoms with Crippen LogP contribution < -0.4 is 5.32 Å². The second kappa shape index (κ2) is 5.25. The molecule has 2 aliphatic carbocycles. The maximum atomic E-state index is 5.04. The van der Waals surface area contributed by atoms with Gasteiger partial charge in [0.1, 0.15) is 0 Å². The lowest BCUT2D eigenvalue weighted by Gasteiger charge is -2.13. The first-order chi connectivity index (χ1) is 8.86. The summed E-state index contributed by atoms with van der Waals surface area (Å²) in [5.41, 5.74) is 4.33. The summed E-state index contributed by atoms with van der Waals surface area (Å²) < 4.78 is 5.04. The molecule has 1 unspecified atom stereocenters. The summed E-state index contributed by atoms with van der Waals surface area (Å²) in [7, 11) is 1.72. The normalized spacial score (nSPS) is 22.6. The Morgan fingerprint density at radius 3 is 3.00 bits per heavy atom. The number of hydrogen-bond donors (Lipinski definition) is 1. The quantitative estimate of drug-likeness (QED) is 0.858. The lowest BCUT2D eigenvalue weighted by molar-refractivity contribution is 0.234. The third-order valence-electron chi connectivity index (χ3n) is 3.84. The molecule has 0 aliphatic heterocycles. The first-order valence-electron chi connectivity index (χ1n) is 6.91. The molecule has 1 saturated carbocycles. The highest BCUT2D eigenvalue weighted by Crippen LogP contribution is 2.35. The number of benzene rings is 1. The summed E-state index contributed by atoms with van der Waals surface area (Å²) >= 11 is 0. The third-order valence-corrected chi connectivity index (χ3v) is 3.84. The van der Waals surface area contributed by atoms with Gasteiger partial charge in [0.2, 0.25) is 0 Å². The van der Waals surface area contributed by atoms with E-state index in [2.05, 4.69) is 35.7 Å². The van der Waals surface area contributed by atoms with Crippen molar-refractivity contribution in [2.75, 3.05) is 13.7 Å². The van der Waals surface area contributed by atoms with Gasteiger partial charge in [-0.2, -0.15) is 0 Å². The van der Waals surface area contributed by atoms with Crippen molar-refractivity contribution in [3.05, 3.63) is 41.0 Å². The molecule has 0 radical (unpaired) electrons. The molecule has 0 heterocycles. The minimum Gasteiger partial charge on any atom is -0.381 e. The molecular weight excluding hydrogens is 222 g/mol. The zero-order valence-corrected chi connectivity index (χ0v) is 11.0. The maximum Gasteiger partial charge on any atom is 0.0646 e. The van der Waals surface area contributed by atoms with E-state index in [0.717, 1.165) is 6.04 Å². The van der Waals surface area contributed by atoms with Crippen LogP contribution in [-0.2, 0) is 11.2 Å². The van der Waals surface area contributed by atoms with Crippen molar-refractivity contribution in [2.45, 2.75) is 37.8 Å². The van der Waals surface area contributed by atoms with Crippen LogP contribution in [0.25, 0.3) is 6.08 Å². The lowest BCUT2D eigenvalue weighted by Crippen LogP contribution is -2.21. The first kappa shape index (κ1) is 11.9. The smallest absolute Gasteiger partial charge is 0.0646 e. The molecule has 1 fully saturated rings. The van der Waals surface area contributed by atoms with E-state index in [1.165, 1.54) is 42.4 Å². The average molecular weight is 243 g/mol. The standard InChI is InChI=1S/C16H21NO/c1-18-10-2-3-12-4-5-13-6-9-16(15(13)11-12)17-14-7-8-14/h2-5,11,14,16-17H,6-10H2,1H3. The highest BCUT2D eigenvalue weighted by Gasteiger charge is 2.29. The summed E-state index contributed by atoms with van der Waals surface area (Å²) in [6.45, 7) is 0.681. The van der Waals surface area contributed by atoms with Gasteiger partial charge in [-0.3, -0.25) is 0 Å². The molecule has 3 rings (SSSR count). The number of ether oxygens (including phenoxy) is 1. The van der Waals surface area contributed by atoms with Crippen LogP contribution in [0.2, 0.25) is 0 Å². The molecule has 18 heavy (non-hydrogen) atoms. The summed E-state index contributed by atoms with van der Waals surface area (Å²) in [5.74, 6) is 0. The van der Waals surface area contributed by atoms with Crippen molar-refractivity contribution < 1.29 is 4.74 Å². The molecule has 0 saturated heterocycles. The van der Waals surface area contributed by atoms with Crippen molar-refractivity contribution in [3.63, 3.8) is 0 Å². The van der Waals surface area contributed by atoms with Crippen LogP contribution in [0, 0.1) is 0 Å². The Hall–Kier alpha value is -1.12. The molecule has 2 aliphatic rings. The Morgan fingerprint density at radius 2 is 2.22 bits per heavy atom. The highest BCUT2D eigenvalue weighted by molar-refractivity contribution is 5.53. The van der Waals surface area contributed by atoms with Crippen LogP contribution in [0.4, 0.5) is 0 Å². The fourth-order valence-electron chi connectivity index (χ4n) is 2.71. The number of aryl methyl sites for hydroxylation is 1. The van der Waals surface area contributed by atoms with Crippen molar-refractivity contribution in [1.82, 2.24) is 5.32 Å². The number of nitrogens with one attached hydrogen (secondary N) is 1. The fourth-order valence-corrected chi connectivity index (χ4v) is 2.71. The predicted molar refractivity (Wildman–Crippen MR) is 74.6 cm³/mol. The summed E-state index contributed by atoms with van der Waals surface area (Å²) in [4.78, 5) is 0. The second-order valence-corrected chi connectivity index (χ2v) is 5.35. The van der Waals surface area contributed by atoms with Crippen LogP contribution in [0.15, 0.2) is 24.3 Å². The summed E-state index contributed by atoms with van der Waals surface area (Å²) in [6, 6.07) is 8.21. The zero-order valence-electron chi connectivity index (χ0n) is 11.0. The Balaban J connectivity index is 1.75. The largest absolute Gasteiger partial charge is 0.381 e. The van der Waals surface area contributed by atoms with Gasteiger partial charge in [0.05, 0.1) is 6.61 Å². The van der Waals surface area contributed by atoms with Gasteiger partial charge in [-0.15, -0.1) is 0 Å². The van der Waals surface area contributed by atoms with Gasteiger partial charge in [-0.05, 0) is 48.4 Å². The lowest BCUT2D eigenvalue weighted by atomic mass is 10.0. The van der Waals surface area contributed by atoms with Crippen molar-refractivity contribution in [1.29, 1.82) is 0 Å². The molecule has 2 heteroatoms. The minimum atomic E-state index is 0.586. The molecular formula is C16H21NO. The van der Waals surface area contributed by atoms with E-state index >= 15 is 0 Å². The van der Waals surface area contributed by atoms with Crippen LogP contribution in [0.1, 0.15) is 42.0 Å².